The van der Waals surface area contributed by atoms with E-state index >= 15 is 0 Å². The third-order valence-electron chi connectivity index (χ3n) is 11.0. The number of hydrogen-bond acceptors (Lipinski definition) is 1. The Morgan fingerprint density at radius 2 is 1.71 bits per heavy atom. The van der Waals surface area contributed by atoms with Gasteiger partial charge in [0.05, 0.1) is 6.10 Å². The van der Waals surface area contributed by atoms with Crippen molar-refractivity contribution >= 4 is 0 Å². The number of aliphatic hydroxyl groups excluding tert-OH is 1. The molecule has 11 atom stereocenters. The highest BCUT2D eigenvalue weighted by Gasteiger charge is 2.64. The second-order valence-corrected chi connectivity index (χ2v) is 12.1. The van der Waals surface area contributed by atoms with E-state index in [2.05, 4.69) is 47.3 Å². The van der Waals surface area contributed by atoms with E-state index in [1.807, 2.05) is 0 Å². The molecule has 1 heteroatoms. The number of aliphatic hydroxyl groups is 1. The lowest BCUT2D eigenvalue weighted by molar-refractivity contribution is -0.198. The SMILES string of the molecule is C=CC[C@@H](C)[C@H]1CCC2C3C(CC[C@@]21C)[C@@]1(C)CC[C@@H](C)C[C@H]1[C@@H](CC)[C@H]3O. The lowest BCUT2D eigenvalue weighted by atomic mass is 9.41. The Hall–Kier alpha value is -0.300. The van der Waals surface area contributed by atoms with Gasteiger partial charge in [0.15, 0.2) is 0 Å². The van der Waals surface area contributed by atoms with Crippen LogP contribution in [0, 0.1) is 58.2 Å². The van der Waals surface area contributed by atoms with Crippen molar-refractivity contribution in [3.8, 4) is 0 Å². The molecule has 0 aliphatic heterocycles. The first-order valence-corrected chi connectivity index (χ1v) is 12.6. The van der Waals surface area contributed by atoms with E-state index in [1.54, 1.807) is 0 Å². The van der Waals surface area contributed by atoms with E-state index in [1.165, 1.54) is 44.9 Å². The van der Waals surface area contributed by atoms with Gasteiger partial charge < -0.3 is 5.11 Å². The molecule has 3 unspecified atom stereocenters. The highest BCUT2D eigenvalue weighted by Crippen LogP contribution is 2.69. The summed E-state index contributed by atoms with van der Waals surface area (Å²) in [7, 11) is 0. The number of rotatable bonds is 4. The topological polar surface area (TPSA) is 20.2 Å². The maximum absolute atomic E-state index is 11.8. The molecule has 0 heterocycles. The van der Waals surface area contributed by atoms with Gasteiger partial charge in [0.25, 0.3) is 0 Å². The van der Waals surface area contributed by atoms with Gasteiger partial charge in [-0.05, 0) is 103 Å². The third-order valence-corrected chi connectivity index (χ3v) is 11.0. The largest absolute Gasteiger partial charge is 0.393 e. The molecule has 1 nitrogen and oxygen atoms in total. The van der Waals surface area contributed by atoms with Crippen molar-refractivity contribution in [2.45, 2.75) is 98.5 Å². The highest BCUT2D eigenvalue weighted by molar-refractivity contribution is 5.13. The second-order valence-electron chi connectivity index (χ2n) is 12.1. The molecular formula is C27H46O. The Morgan fingerprint density at radius 1 is 1.04 bits per heavy atom. The van der Waals surface area contributed by atoms with Crippen LogP contribution < -0.4 is 0 Å². The molecule has 4 aliphatic rings. The summed E-state index contributed by atoms with van der Waals surface area (Å²) in [6.07, 6.45) is 14.0. The summed E-state index contributed by atoms with van der Waals surface area (Å²) in [5.41, 5.74) is 0.914. The molecule has 1 N–H and O–H groups in total. The van der Waals surface area contributed by atoms with E-state index in [9.17, 15) is 5.11 Å². The van der Waals surface area contributed by atoms with Crippen LogP contribution >= 0.6 is 0 Å². The quantitative estimate of drug-likeness (QED) is 0.511. The monoisotopic (exact) mass is 386 g/mol. The fraction of sp³-hybridized carbons (Fsp3) is 0.926. The van der Waals surface area contributed by atoms with E-state index in [0.717, 1.165) is 48.3 Å². The Balaban J connectivity index is 1.67. The average molecular weight is 387 g/mol. The van der Waals surface area contributed by atoms with Gasteiger partial charge in [-0.25, -0.2) is 0 Å². The first kappa shape index (κ1) is 21.0. The molecular weight excluding hydrogens is 340 g/mol. The molecule has 0 amide bonds. The smallest absolute Gasteiger partial charge is 0.0605 e. The molecule has 0 aromatic rings. The summed E-state index contributed by atoms with van der Waals surface area (Å²) >= 11 is 0. The predicted molar refractivity (Wildman–Crippen MR) is 119 cm³/mol. The fourth-order valence-electron chi connectivity index (χ4n) is 9.58. The zero-order valence-electron chi connectivity index (χ0n) is 19.3. The van der Waals surface area contributed by atoms with Crippen LogP contribution in [-0.2, 0) is 0 Å². The summed E-state index contributed by atoms with van der Waals surface area (Å²) in [5, 5.41) is 11.8. The van der Waals surface area contributed by atoms with Crippen molar-refractivity contribution in [1.29, 1.82) is 0 Å². The molecule has 0 aromatic carbocycles. The van der Waals surface area contributed by atoms with Crippen molar-refractivity contribution in [2.24, 2.45) is 58.2 Å². The zero-order chi connectivity index (χ0) is 20.3. The van der Waals surface area contributed by atoms with Crippen molar-refractivity contribution < 1.29 is 5.11 Å². The molecule has 4 saturated carbocycles. The number of allylic oxidation sites excluding steroid dienone is 1. The van der Waals surface area contributed by atoms with Crippen LogP contribution in [0.3, 0.4) is 0 Å². The van der Waals surface area contributed by atoms with Crippen molar-refractivity contribution in [2.75, 3.05) is 0 Å². The first-order chi connectivity index (χ1) is 13.3. The van der Waals surface area contributed by atoms with Gasteiger partial charge in [-0.3, -0.25) is 0 Å². The van der Waals surface area contributed by atoms with Gasteiger partial charge >= 0.3 is 0 Å². The Bertz CT molecular complexity index is 583. The van der Waals surface area contributed by atoms with Crippen molar-refractivity contribution in [1.82, 2.24) is 0 Å². The Morgan fingerprint density at radius 3 is 2.39 bits per heavy atom. The van der Waals surface area contributed by atoms with Crippen LogP contribution in [0.4, 0.5) is 0 Å². The standard InChI is InChI=1S/C27H46O/c1-7-9-18(4)20-10-11-21-24-22(13-15-26(20,21)5)27(6)14-12-17(3)16-23(27)19(8-2)25(24)28/h7,17-25,28H,1,8-16H2,2-6H3/t17-,18-,19-,20-,21?,22?,23+,24?,25-,26-,27-/m1/s1. The summed E-state index contributed by atoms with van der Waals surface area (Å²) in [6.45, 7) is 16.5. The molecule has 0 bridgehead atoms. The van der Waals surface area contributed by atoms with Crippen LogP contribution in [-0.4, -0.2) is 11.2 Å². The first-order valence-electron chi connectivity index (χ1n) is 12.6. The highest BCUT2D eigenvalue weighted by atomic mass is 16.3. The normalized spacial score (nSPS) is 54.4. The van der Waals surface area contributed by atoms with Gasteiger partial charge in [0.1, 0.15) is 0 Å². The van der Waals surface area contributed by atoms with E-state index in [0.29, 0.717) is 22.7 Å². The summed E-state index contributed by atoms with van der Waals surface area (Å²) < 4.78 is 0. The fourth-order valence-corrected chi connectivity index (χ4v) is 9.58. The average Bonchev–Trinajstić information content (AvgIpc) is 3.01. The van der Waals surface area contributed by atoms with E-state index in [-0.39, 0.29) is 6.10 Å². The summed E-state index contributed by atoms with van der Waals surface area (Å²) in [5.74, 6) is 5.74. The second kappa shape index (κ2) is 7.44. The van der Waals surface area contributed by atoms with Gasteiger partial charge in [-0.2, -0.15) is 0 Å². The third kappa shape index (κ3) is 2.89. The van der Waals surface area contributed by atoms with Crippen LogP contribution in [0.2, 0.25) is 0 Å². The zero-order valence-corrected chi connectivity index (χ0v) is 19.3. The maximum Gasteiger partial charge on any atom is 0.0605 e. The van der Waals surface area contributed by atoms with Crippen LogP contribution in [0.5, 0.6) is 0 Å². The summed E-state index contributed by atoms with van der Waals surface area (Å²) in [6, 6.07) is 0. The maximum atomic E-state index is 11.8. The Kier molecular flexibility index (Phi) is 5.56. The molecule has 28 heavy (non-hydrogen) atoms. The van der Waals surface area contributed by atoms with Crippen LogP contribution in [0.25, 0.3) is 0 Å². The van der Waals surface area contributed by atoms with Gasteiger partial charge in [-0.15, -0.1) is 6.58 Å². The van der Waals surface area contributed by atoms with Crippen molar-refractivity contribution in [3.63, 3.8) is 0 Å². The molecule has 160 valence electrons. The van der Waals surface area contributed by atoms with Gasteiger partial charge in [-0.1, -0.05) is 53.5 Å². The molecule has 0 saturated heterocycles. The molecule has 4 rings (SSSR count). The van der Waals surface area contributed by atoms with Crippen LogP contribution in [0.15, 0.2) is 12.7 Å². The number of hydrogen-bond donors (Lipinski definition) is 1. The van der Waals surface area contributed by atoms with E-state index < -0.39 is 0 Å². The molecule has 4 aliphatic carbocycles. The summed E-state index contributed by atoms with van der Waals surface area (Å²) in [4.78, 5) is 0. The van der Waals surface area contributed by atoms with Crippen molar-refractivity contribution in [3.05, 3.63) is 12.7 Å². The lowest BCUT2D eigenvalue weighted by Gasteiger charge is -2.65. The molecule has 4 fully saturated rings. The van der Waals surface area contributed by atoms with Crippen LogP contribution in [0.1, 0.15) is 92.4 Å². The van der Waals surface area contributed by atoms with Gasteiger partial charge in [0.2, 0.25) is 0 Å². The molecule has 0 radical (unpaired) electrons. The molecule has 0 aromatic heterocycles. The Labute approximate surface area is 174 Å². The predicted octanol–water partition coefficient (Wildman–Crippen LogP) is 7.10. The minimum absolute atomic E-state index is 0.0588. The number of fused-ring (bicyclic) bond motifs is 5. The lowest BCUT2D eigenvalue weighted by Crippen LogP contribution is -2.61. The van der Waals surface area contributed by atoms with Gasteiger partial charge in [0, 0.05) is 0 Å². The minimum atomic E-state index is -0.0588. The minimum Gasteiger partial charge on any atom is -0.393 e. The molecule has 0 spiro atoms. The van der Waals surface area contributed by atoms with E-state index in [4.69, 9.17) is 0 Å².